The molecule has 94 valence electrons. The highest BCUT2D eigenvalue weighted by atomic mass is 16.5. The second-order valence-electron chi connectivity index (χ2n) is 4.97. The van der Waals surface area contributed by atoms with Crippen molar-refractivity contribution in [2.24, 2.45) is 5.92 Å². The molecule has 0 radical (unpaired) electrons. The summed E-state index contributed by atoms with van der Waals surface area (Å²) in [6.07, 6.45) is 7.99. The largest absolute Gasteiger partial charge is 0.431 e. The summed E-state index contributed by atoms with van der Waals surface area (Å²) in [5.41, 5.74) is 2.70. The second kappa shape index (κ2) is 6.43. The van der Waals surface area contributed by atoms with Gasteiger partial charge in [0.2, 0.25) is 0 Å². The van der Waals surface area contributed by atoms with Crippen LogP contribution in [0.3, 0.4) is 0 Å². The van der Waals surface area contributed by atoms with Crippen molar-refractivity contribution in [1.82, 2.24) is 0 Å². The van der Waals surface area contributed by atoms with Gasteiger partial charge in [0.25, 0.3) is 0 Å². The van der Waals surface area contributed by atoms with Gasteiger partial charge in [-0.1, -0.05) is 29.9 Å². The van der Waals surface area contributed by atoms with Gasteiger partial charge in [-0.25, -0.2) is 0 Å². The first-order valence-electron chi connectivity index (χ1n) is 6.17. The molecule has 1 aliphatic rings. The predicted molar refractivity (Wildman–Crippen MR) is 70.4 cm³/mol. The summed E-state index contributed by atoms with van der Waals surface area (Å²) in [4.78, 5) is 11.4. The van der Waals surface area contributed by atoms with Crippen molar-refractivity contribution in [2.75, 3.05) is 0 Å². The Kier molecular flexibility index (Phi) is 5.20. The van der Waals surface area contributed by atoms with E-state index in [2.05, 4.69) is 39.5 Å². The molecule has 0 saturated carbocycles. The SMILES string of the molecule is C=C1CC(C/C=C(/C)CCC=C(C)C)C(=O)O1. The summed E-state index contributed by atoms with van der Waals surface area (Å²) < 4.78 is 4.95. The number of hydrogen-bond donors (Lipinski definition) is 0. The molecule has 1 fully saturated rings. The van der Waals surface area contributed by atoms with Crippen LogP contribution in [0.25, 0.3) is 0 Å². The highest BCUT2D eigenvalue weighted by molar-refractivity contribution is 5.76. The molecule has 0 aromatic rings. The molecule has 1 heterocycles. The predicted octanol–water partition coefficient (Wildman–Crippen LogP) is 4.15. The molecule has 1 aliphatic heterocycles. The zero-order chi connectivity index (χ0) is 12.8. The first-order valence-corrected chi connectivity index (χ1v) is 6.17. The zero-order valence-electron chi connectivity index (χ0n) is 11.1. The number of cyclic esters (lactones) is 1. The standard InChI is InChI=1S/C15H22O2/c1-11(2)6-5-7-12(3)8-9-14-10-13(4)17-15(14)16/h6,8,14H,4-5,7,9-10H2,1-3H3/b12-8-. The van der Waals surface area contributed by atoms with Gasteiger partial charge in [-0.05, 0) is 40.0 Å². The maximum absolute atomic E-state index is 11.4. The second-order valence-corrected chi connectivity index (χ2v) is 4.97. The third-order valence-electron chi connectivity index (χ3n) is 2.89. The third kappa shape index (κ3) is 5.03. The summed E-state index contributed by atoms with van der Waals surface area (Å²) in [7, 11) is 0. The Hall–Kier alpha value is -1.31. The van der Waals surface area contributed by atoms with E-state index in [1.54, 1.807) is 0 Å². The molecule has 1 unspecified atom stereocenters. The zero-order valence-corrected chi connectivity index (χ0v) is 11.1. The summed E-state index contributed by atoms with van der Waals surface area (Å²) in [6, 6.07) is 0. The average molecular weight is 234 g/mol. The fourth-order valence-corrected chi connectivity index (χ4v) is 1.84. The van der Waals surface area contributed by atoms with Gasteiger partial charge in [0, 0.05) is 6.42 Å². The van der Waals surface area contributed by atoms with E-state index in [-0.39, 0.29) is 11.9 Å². The van der Waals surface area contributed by atoms with E-state index < -0.39 is 0 Å². The minimum absolute atomic E-state index is 0.0131. The fraction of sp³-hybridized carbons (Fsp3) is 0.533. The summed E-state index contributed by atoms with van der Waals surface area (Å²) >= 11 is 0. The minimum atomic E-state index is -0.122. The maximum atomic E-state index is 11.4. The lowest BCUT2D eigenvalue weighted by molar-refractivity contribution is -0.138. The lowest BCUT2D eigenvalue weighted by Gasteiger charge is -2.02. The van der Waals surface area contributed by atoms with Crippen LogP contribution in [-0.2, 0) is 9.53 Å². The lowest BCUT2D eigenvalue weighted by Crippen LogP contribution is -2.06. The van der Waals surface area contributed by atoms with Gasteiger partial charge in [0.1, 0.15) is 5.76 Å². The van der Waals surface area contributed by atoms with Gasteiger partial charge in [-0.15, -0.1) is 0 Å². The molecule has 17 heavy (non-hydrogen) atoms. The molecular weight excluding hydrogens is 212 g/mol. The Morgan fingerprint density at radius 1 is 1.41 bits per heavy atom. The Morgan fingerprint density at radius 2 is 2.12 bits per heavy atom. The van der Waals surface area contributed by atoms with Crippen LogP contribution in [0.5, 0.6) is 0 Å². The quantitative estimate of drug-likeness (QED) is 0.527. The molecule has 0 amide bonds. The topological polar surface area (TPSA) is 26.3 Å². The Morgan fingerprint density at radius 3 is 2.65 bits per heavy atom. The molecule has 0 aromatic heterocycles. The molecular formula is C15H22O2. The molecule has 0 bridgehead atoms. The number of allylic oxidation sites excluding steroid dienone is 5. The Labute approximate surface area is 104 Å². The Bertz CT molecular complexity index is 357. The van der Waals surface area contributed by atoms with Gasteiger partial charge in [0.05, 0.1) is 5.92 Å². The molecule has 1 saturated heterocycles. The van der Waals surface area contributed by atoms with Crippen molar-refractivity contribution in [3.05, 3.63) is 35.6 Å². The summed E-state index contributed by atoms with van der Waals surface area (Å²) in [5.74, 6) is 0.472. The number of carbonyl (C=O) groups excluding carboxylic acids is 1. The number of carbonyl (C=O) groups is 1. The van der Waals surface area contributed by atoms with Crippen molar-refractivity contribution >= 4 is 5.97 Å². The van der Waals surface area contributed by atoms with Crippen molar-refractivity contribution in [3.63, 3.8) is 0 Å². The van der Waals surface area contributed by atoms with Crippen LogP contribution < -0.4 is 0 Å². The average Bonchev–Trinajstić information content (AvgIpc) is 2.54. The first kappa shape index (κ1) is 13.8. The molecule has 0 aromatic carbocycles. The molecule has 2 nitrogen and oxygen atoms in total. The molecule has 0 aliphatic carbocycles. The van der Waals surface area contributed by atoms with Crippen LogP contribution in [0.4, 0.5) is 0 Å². The number of hydrogen-bond acceptors (Lipinski definition) is 2. The van der Waals surface area contributed by atoms with Crippen LogP contribution in [-0.4, -0.2) is 5.97 Å². The van der Waals surface area contributed by atoms with E-state index in [0.717, 1.165) is 19.3 Å². The van der Waals surface area contributed by atoms with Gasteiger partial charge >= 0.3 is 5.97 Å². The highest BCUT2D eigenvalue weighted by Crippen LogP contribution is 2.26. The van der Waals surface area contributed by atoms with Gasteiger partial charge in [-0.2, -0.15) is 0 Å². The van der Waals surface area contributed by atoms with Crippen LogP contribution in [0.1, 0.15) is 46.5 Å². The van der Waals surface area contributed by atoms with Crippen molar-refractivity contribution in [1.29, 1.82) is 0 Å². The maximum Gasteiger partial charge on any atom is 0.314 e. The number of esters is 1. The Balaban J connectivity index is 2.35. The van der Waals surface area contributed by atoms with Crippen molar-refractivity contribution in [2.45, 2.75) is 46.5 Å². The van der Waals surface area contributed by atoms with Crippen molar-refractivity contribution in [3.8, 4) is 0 Å². The number of ether oxygens (including phenoxy) is 1. The van der Waals surface area contributed by atoms with Crippen LogP contribution in [0, 0.1) is 5.92 Å². The van der Waals surface area contributed by atoms with E-state index in [9.17, 15) is 4.79 Å². The lowest BCUT2D eigenvalue weighted by atomic mass is 10.0. The monoisotopic (exact) mass is 234 g/mol. The molecule has 0 N–H and O–H groups in total. The van der Waals surface area contributed by atoms with Crippen molar-refractivity contribution < 1.29 is 9.53 Å². The minimum Gasteiger partial charge on any atom is -0.431 e. The first-order chi connectivity index (χ1) is 7.99. The fourth-order valence-electron chi connectivity index (χ4n) is 1.84. The van der Waals surface area contributed by atoms with Gasteiger partial charge < -0.3 is 4.74 Å². The summed E-state index contributed by atoms with van der Waals surface area (Å²) in [6.45, 7) is 10.0. The van der Waals surface area contributed by atoms with E-state index >= 15 is 0 Å². The normalized spacial score (nSPS) is 20.4. The summed E-state index contributed by atoms with van der Waals surface area (Å²) in [5, 5.41) is 0. The van der Waals surface area contributed by atoms with E-state index in [1.165, 1.54) is 11.1 Å². The number of rotatable bonds is 5. The van der Waals surface area contributed by atoms with Gasteiger partial charge in [0.15, 0.2) is 0 Å². The van der Waals surface area contributed by atoms with Gasteiger partial charge in [-0.3, -0.25) is 4.79 Å². The van der Waals surface area contributed by atoms with Crippen LogP contribution in [0.2, 0.25) is 0 Å². The van der Waals surface area contributed by atoms with E-state index in [1.807, 2.05) is 0 Å². The van der Waals surface area contributed by atoms with Crippen LogP contribution >= 0.6 is 0 Å². The molecule has 0 spiro atoms. The third-order valence-corrected chi connectivity index (χ3v) is 2.89. The van der Waals surface area contributed by atoms with E-state index in [0.29, 0.717) is 12.2 Å². The molecule has 2 heteroatoms. The molecule has 1 rings (SSSR count). The highest BCUT2D eigenvalue weighted by Gasteiger charge is 2.28. The molecule has 1 atom stereocenters. The van der Waals surface area contributed by atoms with E-state index in [4.69, 9.17) is 4.74 Å². The van der Waals surface area contributed by atoms with Crippen LogP contribution in [0.15, 0.2) is 35.6 Å². The smallest absolute Gasteiger partial charge is 0.314 e.